The lowest BCUT2D eigenvalue weighted by atomic mass is 10.1. The van der Waals surface area contributed by atoms with Crippen LogP contribution in [0.25, 0.3) is 0 Å². The number of anilines is 2. The van der Waals surface area contributed by atoms with Crippen LogP contribution in [0.15, 0.2) is 76.7 Å². The summed E-state index contributed by atoms with van der Waals surface area (Å²) in [5.74, 6) is 2.88. The van der Waals surface area contributed by atoms with Gasteiger partial charge in [-0.15, -0.1) is 0 Å². The molecule has 2 aliphatic heterocycles. The molecule has 192 valence electrons. The molecule has 0 amide bonds. The number of aryl methyl sites for hydroxylation is 2. The van der Waals surface area contributed by atoms with Crippen molar-refractivity contribution in [1.29, 1.82) is 0 Å². The molecule has 0 aromatic heterocycles. The summed E-state index contributed by atoms with van der Waals surface area (Å²) >= 11 is 0. The molecule has 0 fully saturated rings. The molecule has 0 saturated heterocycles. The maximum Gasteiger partial charge on any atom is 0.135 e. The number of amidine groups is 2. The van der Waals surface area contributed by atoms with Crippen molar-refractivity contribution in [3.8, 4) is 5.75 Å². The molecule has 0 bridgehead atoms. The van der Waals surface area contributed by atoms with Gasteiger partial charge in [-0.2, -0.15) is 0 Å². The highest BCUT2D eigenvalue weighted by atomic mass is 16.3. The second kappa shape index (κ2) is 10.0. The van der Waals surface area contributed by atoms with Gasteiger partial charge in [0.05, 0.1) is 12.1 Å². The maximum atomic E-state index is 10.9. The van der Waals surface area contributed by atoms with Gasteiger partial charge < -0.3 is 14.9 Å². The number of benzene rings is 3. The minimum atomic E-state index is 0.195. The second-order valence-corrected chi connectivity index (χ2v) is 11.2. The molecule has 2 heterocycles. The average molecular weight is 495 g/mol. The van der Waals surface area contributed by atoms with Crippen LogP contribution in [-0.4, -0.2) is 42.0 Å². The first-order chi connectivity index (χ1) is 17.7. The van der Waals surface area contributed by atoms with Gasteiger partial charge in [-0.25, -0.2) is 0 Å². The Hall–Kier alpha value is -3.60. The molecule has 5 heteroatoms. The number of hydrogen-bond donors (Lipinski definition) is 1. The standard InChI is InChI=1S/C32H38N4O/c1-20(2)29-18-35(26-11-7-22(5)8-12-26)31(33-29)24-15-25(17-28(37)16-24)32-34-30(21(3)4)19-36(32)27-13-9-23(6)10-14-27/h7-17,20-21,29-30,37H,18-19H2,1-6H3/t29-,30-/m1/s1. The third-order valence-corrected chi connectivity index (χ3v) is 7.49. The van der Waals surface area contributed by atoms with Gasteiger partial charge in [0.15, 0.2) is 0 Å². The van der Waals surface area contributed by atoms with E-state index in [1.54, 1.807) is 0 Å². The highest BCUT2D eigenvalue weighted by Crippen LogP contribution is 2.32. The maximum absolute atomic E-state index is 10.9. The molecule has 2 atom stereocenters. The van der Waals surface area contributed by atoms with Gasteiger partial charge >= 0.3 is 0 Å². The lowest BCUT2D eigenvalue weighted by Gasteiger charge is -2.24. The van der Waals surface area contributed by atoms with E-state index in [9.17, 15) is 5.11 Å². The summed E-state index contributed by atoms with van der Waals surface area (Å²) < 4.78 is 0. The molecular formula is C32H38N4O. The van der Waals surface area contributed by atoms with Crippen LogP contribution in [0.5, 0.6) is 5.75 Å². The monoisotopic (exact) mass is 494 g/mol. The van der Waals surface area contributed by atoms with Crippen LogP contribution in [-0.2, 0) is 0 Å². The number of rotatable bonds is 6. The molecule has 5 nitrogen and oxygen atoms in total. The van der Waals surface area contributed by atoms with E-state index in [0.29, 0.717) is 11.8 Å². The first kappa shape index (κ1) is 25.1. The lowest BCUT2D eigenvalue weighted by molar-refractivity contribution is 0.475. The zero-order valence-electron chi connectivity index (χ0n) is 22.8. The lowest BCUT2D eigenvalue weighted by Crippen LogP contribution is -2.32. The fraction of sp³-hybridized carbons (Fsp3) is 0.375. The Morgan fingerprint density at radius 3 is 1.38 bits per heavy atom. The number of phenolic OH excluding ortho intramolecular Hbond substituents is 1. The van der Waals surface area contributed by atoms with Crippen LogP contribution in [0.2, 0.25) is 0 Å². The van der Waals surface area contributed by atoms with E-state index in [0.717, 1.165) is 47.3 Å². The van der Waals surface area contributed by atoms with Gasteiger partial charge in [0, 0.05) is 35.6 Å². The zero-order chi connectivity index (χ0) is 26.3. The van der Waals surface area contributed by atoms with Crippen molar-refractivity contribution in [3.05, 3.63) is 89.0 Å². The molecule has 0 spiro atoms. The van der Waals surface area contributed by atoms with Crippen LogP contribution < -0.4 is 9.80 Å². The van der Waals surface area contributed by atoms with E-state index in [2.05, 4.69) is 106 Å². The van der Waals surface area contributed by atoms with Crippen molar-refractivity contribution < 1.29 is 5.11 Å². The number of aliphatic imine (C=N–C) groups is 2. The van der Waals surface area contributed by atoms with Gasteiger partial charge in [0.2, 0.25) is 0 Å². The molecule has 5 rings (SSSR count). The average Bonchev–Trinajstić information content (AvgIpc) is 3.51. The Morgan fingerprint density at radius 2 is 1.03 bits per heavy atom. The summed E-state index contributed by atoms with van der Waals surface area (Å²) in [6.45, 7) is 14.7. The Labute approximate surface area is 221 Å². The molecule has 0 aliphatic carbocycles. The van der Waals surface area contributed by atoms with Gasteiger partial charge in [-0.3, -0.25) is 9.98 Å². The predicted octanol–water partition coefficient (Wildman–Crippen LogP) is 6.59. The van der Waals surface area contributed by atoms with Crippen LogP contribution in [0, 0.1) is 25.7 Å². The van der Waals surface area contributed by atoms with E-state index in [-0.39, 0.29) is 17.8 Å². The fourth-order valence-electron chi connectivity index (χ4n) is 5.04. The van der Waals surface area contributed by atoms with Crippen molar-refractivity contribution in [2.45, 2.75) is 53.6 Å². The van der Waals surface area contributed by atoms with E-state index in [1.165, 1.54) is 11.1 Å². The topological polar surface area (TPSA) is 51.4 Å². The minimum Gasteiger partial charge on any atom is -0.508 e. The molecule has 3 aromatic rings. The zero-order valence-corrected chi connectivity index (χ0v) is 22.8. The van der Waals surface area contributed by atoms with Crippen LogP contribution in [0.1, 0.15) is 49.9 Å². The Bertz CT molecular complexity index is 1220. The number of phenols is 1. The van der Waals surface area contributed by atoms with E-state index in [1.807, 2.05) is 12.1 Å². The van der Waals surface area contributed by atoms with Crippen molar-refractivity contribution in [1.82, 2.24) is 0 Å². The third-order valence-electron chi connectivity index (χ3n) is 7.49. The van der Waals surface area contributed by atoms with Crippen molar-refractivity contribution in [2.75, 3.05) is 22.9 Å². The highest BCUT2D eigenvalue weighted by Gasteiger charge is 2.32. The molecule has 2 aliphatic rings. The first-order valence-corrected chi connectivity index (χ1v) is 13.4. The molecule has 0 unspecified atom stereocenters. The second-order valence-electron chi connectivity index (χ2n) is 11.2. The highest BCUT2D eigenvalue weighted by molar-refractivity contribution is 6.15. The summed E-state index contributed by atoms with van der Waals surface area (Å²) in [6, 6.07) is 23.4. The quantitative estimate of drug-likeness (QED) is 0.420. The molecule has 3 aromatic carbocycles. The van der Waals surface area contributed by atoms with Crippen LogP contribution >= 0.6 is 0 Å². The van der Waals surface area contributed by atoms with Crippen molar-refractivity contribution in [2.24, 2.45) is 21.8 Å². The largest absolute Gasteiger partial charge is 0.508 e. The molecule has 1 N–H and O–H groups in total. The SMILES string of the molecule is Cc1ccc(N2C[C@H](C(C)C)N=C2c2cc(O)cc(C3=N[C@@H](C(C)C)CN3c3ccc(C)cc3)c2)cc1. The smallest absolute Gasteiger partial charge is 0.135 e. The molecule has 0 radical (unpaired) electrons. The fourth-order valence-corrected chi connectivity index (χ4v) is 5.04. The Kier molecular flexibility index (Phi) is 6.80. The predicted molar refractivity (Wildman–Crippen MR) is 155 cm³/mol. The molecule has 0 saturated carbocycles. The molecular weight excluding hydrogens is 456 g/mol. The van der Waals surface area contributed by atoms with E-state index in [4.69, 9.17) is 9.98 Å². The van der Waals surface area contributed by atoms with E-state index < -0.39 is 0 Å². The molecule has 37 heavy (non-hydrogen) atoms. The third kappa shape index (κ3) is 5.13. The first-order valence-electron chi connectivity index (χ1n) is 13.4. The Balaban J connectivity index is 1.58. The van der Waals surface area contributed by atoms with E-state index >= 15 is 0 Å². The summed E-state index contributed by atoms with van der Waals surface area (Å²) in [5, 5.41) is 10.9. The van der Waals surface area contributed by atoms with Gasteiger partial charge in [-0.05, 0) is 68.1 Å². The summed E-state index contributed by atoms with van der Waals surface area (Å²) in [5.41, 5.74) is 6.54. The number of aromatic hydroxyl groups is 1. The van der Waals surface area contributed by atoms with Crippen LogP contribution in [0.4, 0.5) is 11.4 Å². The number of hydrogen-bond acceptors (Lipinski definition) is 5. The van der Waals surface area contributed by atoms with Gasteiger partial charge in [0.25, 0.3) is 0 Å². The van der Waals surface area contributed by atoms with Crippen molar-refractivity contribution >= 4 is 23.0 Å². The van der Waals surface area contributed by atoms with Gasteiger partial charge in [0.1, 0.15) is 17.4 Å². The Morgan fingerprint density at radius 1 is 0.649 bits per heavy atom. The number of nitrogens with zero attached hydrogens (tertiary/aromatic N) is 4. The van der Waals surface area contributed by atoms with Crippen molar-refractivity contribution in [3.63, 3.8) is 0 Å². The summed E-state index contributed by atoms with van der Waals surface area (Å²) in [4.78, 5) is 14.9. The summed E-state index contributed by atoms with van der Waals surface area (Å²) in [6.07, 6.45) is 0. The van der Waals surface area contributed by atoms with Crippen LogP contribution in [0.3, 0.4) is 0 Å². The normalized spacial score (nSPS) is 19.7. The van der Waals surface area contributed by atoms with Gasteiger partial charge in [-0.1, -0.05) is 63.1 Å². The summed E-state index contributed by atoms with van der Waals surface area (Å²) in [7, 11) is 0. The minimum absolute atomic E-state index is 0.195.